The van der Waals surface area contributed by atoms with E-state index < -0.39 is 11.5 Å². The molecule has 1 heterocycles. The summed E-state index contributed by atoms with van der Waals surface area (Å²) in [5.74, 6) is -0.461. The van der Waals surface area contributed by atoms with Crippen LogP contribution in [-0.2, 0) is 9.59 Å². The largest absolute Gasteiger partial charge is 0.344 e. The normalized spacial score (nSPS) is 12.5. The van der Waals surface area contributed by atoms with E-state index in [0.717, 1.165) is 16.1 Å². The topological polar surface area (TPSA) is 84.0 Å². The van der Waals surface area contributed by atoms with Crippen LogP contribution in [0.5, 0.6) is 0 Å². The molecule has 0 unspecified atom stereocenters. The van der Waals surface area contributed by atoms with E-state index in [9.17, 15) is 9.59 Å². The van der Waals surface area contributed by atoms with Crippen LogP contribution in [0.4, 0.5) is 5.13 Å². The fraction of sp³-hybridized carbons (Fsp3) is 0.412. The van der Waals surface area contributed by atoms with Crippen molar-refractivity contribution in [2.45, 2.75) is 33.7 Å². The zero-order valence-corrected chi connectivity index (χ0v) is 16.2. The molecule has 0 spiro atoms. The molecule has 1 aromatic heterocycles. The third-order valence-electron chi connectivity index (χ3n) is 3.64. The van der Waals surface area contributed by atoms with Crippen molar-refractivity contribution in [1.29, 1.82) is 0 Å². The molecule has 0 fully saturated rings. The maximum absolute atomic E-state index is 12.2. The molecule has 0 radical (unpaired) electrons. The van der Waals surface area contributed by atoms with E-state index in [1.54, 1.807) is 20.8 Å². The van der Waals surface area contributed by atoms with Gasteiger partial charge in [0.1, 0.15) is 11.0 Å². The van der Waals surface area contributed by atoms with Gasteiger partial charge in [-0.15, -0.1) is 21.8 Å². The van der Waals surface area contributed by atoms with Crippen LogP contribution in [0, 0.1) is 12.3 Å². The van der Waals surface area contributed by atoms with Crippen LogP contribution in [0.15, 0.2) is 24.3 Å². The molecular formula is C17H21ClN4O2S. The maximum atomic E-state index is 12.2. The van der Waals surface area contributed by atoms with Crippen molar-refractivity contribution in [1.82, 2.24) is 15.5 Å². The minimum atomic E-state index is -0.739. The van der Waals surface area contributed by atoms with Crippen molar-refractivity contribution in [2.24, 2.45) is 5.41 Å². The Balaban J connectivity index is 1.99. The van der Waals surface area contributed by atoms with Crippen molar-refractivity contribution >= 4 is 39.9 Å². The molecule has 0 saturated carbocycles. The summed E-state index contributed by atoms with van der Waals surface area (Å²) in [5.41, 5.74) is 1.36. The van der Waals surface area contributed by atoms with E-state index in [1.165, 1.54) is 11.3 Å². The van der Waals surface area contributed by atoms with Crippen molar-refractivity contribution < 1.29 is 9.59 Å². The summed E-state index contributed by atoms with van der Waals surface area (Å²) in [7, 11) is 0. The zero-order chi connectivity index (χ0) is 18.6. The highest BCUT2D eigenvalue weighted by molar-refractivity contribution is 7.18. The highest BCUT2D eigenvalue weighted by atomic mass is 35.5. The summed E-state index contributed by atoms with van der Waals surface area (Å²) >= 11 is 7.05. The molecule has 0 saturated heterocycles. The van der Waals surface area contributed by atoms with E-state index >= 15 is 0 Å². The van der Waals surface area contributed by atoms with Gasteiger partial charge in [0, 0.05) is 11.4 Å². The number of aryl methyl sites for hydroxylation is 1. The molecule has 2 amide bonds. The summed E-state index contributed by atoms with van der Waals surface area (Å²) in [5, 5.41) is 14.5. The highest BCUT2D eigenvalue weighted by Crippen LogP contribution is 2.26. The number of aromatic nitrogens is 2. The average molecular weight is 381 g/mol. The van der Waals surface area contributed by atoms with E-state index in [4.69, 9.17) is 11.6 Å². The van der Waals surface area contributed by atoms with E-state index in [2.05, 4.69) is 20.8 Å². The van der Waals surface area contributed by atoms with Crippen LogP contribution in [0.25, 0.3) is 10.6 Å². The van der Waals surface area contributed by atoms with Crippen molar-refractivity contribution in [3.05, 3.63) is 29.8 Å². The molecule has 8 heteroatoms. The minimum absolute atomic E-state index is 0.170. The lowest BCUT2D eigenvalue weighted by atomic mass is 9.95. The lowest BCUT2D eigenvalue weighted by Crippen LogP contribution is -2.47. The summed E-state index contributed by atoms with van der Waals surface area (Å²) < 4.78 is 0. The number of hydrogen-bond acceptors (Lipinski definition) is 5. The van der Waals surface area contributed by atoms with Crippen LogP contribution < -0.4 is 10.6 Å². The van der Waals surface area contributed by atoms with Gasteiger partial charge >= 0.3 is 0 Å². The molecule has 0 aliphatic rings. The number of anilines is 1. The SMILES string of the molecule is Cc1ccc(-c2nnc(NC(=O)[C@H](C)NC(=O)C(C)(C)CCl)s2)cc1. The third-order valence-corrected chi connectivity index (χ3v) is 5.20. The van der Waals surface area contributed by atoms with Gasteiger partial charge in [-0.3, -0.25) is 14.9 Å². The number of alkyl halides is 1. The van der Waals surface area contributed by atoms with Crippen molar-refractivity contribution in [3.63, 3.8) is 0 Å². The summed E-state index contributed by atoms with van der Waals surface area (Å²) in [6, 6.07) is 7.19. The average Bonchev–Trinajstić information content (AvgIpc) is 3.03. The first-order valence-electron chi connectivity index (χ1n) is 7.81. The van der Waals surface area contributed by atoms with Gasteiger partial charge < -0.3 is 5.32 Å². The molecule has 1 aromatic carbocycles. The van der Waals surface area contributed by atoms with Crippen LogP contribution >= 0.6 is 22.9 Å². The second-order valence-corrected chi connectivity index (χ2v) is 7.73. The summed E-state index contributed by atoms with van der Waals surface area (Å²) in [6.07, 6.45) is 0. The Morgan fingerprint density at radius 1 is 1.24 bits per heavy atom. The summed E-state index contributed by atoms with van der Waals surface area (Å²) in [6.45, 7) is 7.06. The Morgan fingerprint density at radius 3 is 2.48 bits per heavy atom. The van der Waals surface area contributed by atoms with E-state index in [0.29, 0.717) is 5.13 Å². The zero-order valence-electron chi connectivity index (χ0n) is 14.6. The summed E-state index contributed by atoms with van der Waals surface area (Å²) in [4.78, 5) is 24.3. The number of benzene rings is 1. The number of carbonyl (C=O) groups is 2. The Bertz CT molecular complexity index is 758. The van der Waals surface area contributed by atoms with Gasteiger partial charge in [0.25, 0.3) is 0 Å². The van der Waals surface area contributed by atoms with Gasteiger partial charge in [-0.1, -0.05) is 41.2 Å². The smallest absolute Gasteiger partial charge is 0.248 e. The third kappa shape index (κ3) is 4.99. The minimum Gasteiger partial charge on any atom is -0.344 e. The number of carbonyl (C=O) groups excluding carboxylic acids is 2. The number of rotatable bonds is 6. The molecule has 6 nitrogen and oxygen atoms in total. The molecule has 2 rings (SSSR count). The number of amides is 2. The van der Waals surface area contributed by atoms with Gasteiger partial charge in [0.15, 0.2) is 0 Å². The number of nitrogens with one attached hydrogen (secondary N) is 2. The van der Waals surface area contributed by atoms with Gasteiger partial charge in [-0.25, -0.2) is 0 Å². The second-order valence-electron chi connectivity index (χ2n) is 6.48. The first kappa shape index (κ1) is 19.3. The van der Waals surface area contributed by atoms with Gasteiger partial charge in [0.2, 0.25) is 16.9 Å². The number of halogens is 1. The fourth-order valence-corrected chi connectivity index (χ4v) is 2.69. The lowest BCUT2D eigenvalue weighted by Gasteiger charge is -2.23. The number of hydrogen-bond donors (Lipinski definition) is 2. The first-order valence-corrected chi connectivity index (χ1v) is 9.16. The predicted molar refractivity (Wildman–Crippen MR) is 101 cm³/mol. The molecule has 25 heavy (non-hydrogen) atoms. The predicted octanol–water partition coefficient (Wildman–Crippen LogP) is 3.22. The van der Waals surface area contributed by atoms with Crippen LogP contribution in [0.3, 0.4) is 0 Å². The number of nitrogens with zero attached hydrogens (tertiary/aromatic N) is 2. The Kier molecular flexibility index (Phi) is 6.13. The second kappa shape index (κ2) is 7.93. The molecule has 1 atom stereocenters. The van der Waals surface area contributed by atoms with Gasteiger partial charge in [0.05, 0.1) is 5.41 Å². The molecule has 134 valence electrons. The maximum Gasteiger partial charge on any atom is 0.248 e. The molecule has 0 aliphatic carbocycles. The Hall–Kier alpha value is -1.99. The van der Waals surface area contributed by atoms with Crippen LogP contribution in [0.2, 0.25) is 0 Å². The van der Waals surface area contributed by atoms with Crippen molar-refractivity contribution in [2.75, 3.05) is 11.2 Å². The van der Waals surface area contributed by atoms with Gasteiger partial charge in [-0.2, -0.15) is 0 Å². The Labute approximate surface area is 156 Å². The molecular weight excluding hydrogens is 360 g/mol. The highest BCUT2D eigenvalue weighted by Gasteiger charge is 2.29. The first-order chi connectivity index (χ1) is 11.7. The van der Waals surface area contributed by atoms with Gasteiger partial charge in [-0.05, 0) is 27.7 Å². The van der Waals surface area contributed by atoms with Crippen LogP contribution in [0.1, 0.15) is 26.3 Å². The molecule has 0 aliphatic heterocycles. The standard InChI is InChI=1S/C17H21ClN4O2S/c1-10-5-7-12(8-6-10)14-21-22-16(25-14)20-13(23)11(2)19-15(24)17(3,4)9-18/h5-8,11H,9H2,1-4H3,(H,19,24)(H,20,22,23)/t11-/m0/s1. The van der Waals surface area contributed by atoms with Crippen LogP contribution in [-0.4, -0.2) is 33.9 Å². The molecule has 0 bridgehead atoms. The quantitative estimate of drug-likeness (QED) is 0.753. The fourth-order valence-electron chi connectivity index (χ4n) is 1.82. The van der Waals surface area contributed by atoms with Crippen molar-refractivity contribution in [3.8, 4) is 10.6 Å². The Morgan fingerprint density at radius 2 is 1.88 bits per heavy atom. The molecule has 2 aromatic rings. The molecule has 2 N–H and O–H groups in total. The van der Waals surface area contributed by atoms with E-state index in [1.807, 2.05) is 31.2 Å². The lowest BCUT2D eigenvalue weighted by molar-refractivity contribution is -0.131. The van der Waals surface area contributed by atoms with E-state index in [-0.39, 0.29) is 17.7 Å². The monoisotopic (exact) mass is 380 g/mol.